The highest BCUT2D eigenvalue weighted by molar-refractivity contribution is 7.92. The van der Waals surface area contributed by atoms with Crippen molar-refractivity contribution in [3.05, 3.63) is 59.2 Å². The Hall–Kier alpha value is -3.41. The van der Waals surface area contributed by atoms with Gasteiger partial charge in [-0.05, 0) is 43.7 Å². The highest BCUT2D eigenvalue weighted by Crippen LogP contribution is 2.32. The van der Waals surface area contributed by atoms with Crippen molar-refractivity contribution < 1.29 is 17.9 Å². The van der Waals surface area contributed by atoms with Crippen LogP contribution in [0.2, 0.25) is 5.02 Å². The van der Waals surface area contributed by atoms with Crippen LogP contribution in [0.1, 0.15) is 19.4 Å². The zero-order valence-electron chi connectivity index (χ0n) is 21.5. The van der Waals surface area contributed by atoms with E-state index in [1.165, 1.54) is 6.20 Å². The second kappa shape index (κ2) is 12.0. The van der Waals surface area contributed by atoms with E-state index >= 15 is 0 Å². The summed E-state index contributed by atoms with van der Waals surface area (Å²) >= 11 is 6.36. The Bertz CT molecular complexity index is 1410. The number of ether oxygens (including phenoxy) is 1. The van der Waals surface area contributed by atoms with Crippen LogP contribution in [0.4, 0.5) is 23.1 Å². The molecule has 1 aliphatic rings. The lowest BCUT2D eigenvalue weighted by molar-refractivity contribution is -0.131. The van der Waals surface area contributed by atoms with Crippen molar-refractivity contribution in [2.75, 3.05) is 43.9 Å². The van der Waals surface area contributed by atoms with Gasteiger partial charge in [0.1, 0.15) is 10.8 Å². The van der Waals surface area contributed by atoms with Gasteiger partial charge in [0, 0.05) is 26.2 Å². The number of rotatable bonds is 9. The fourth-order valence-electron chi connectivity index (χ4n) is 4.00. The van der Waals surface area contributed by atoms with Crippen LogP contribution in [-0.4, -0.2) is 67.7 Å². The first kappa shape index (κ1) is 27.6. The Kier molecular flexibility index (Phi) is 8.70. The number of sulfone groups is 1. The highest BCUT2D eigenvalue weighted by Gasteiger charge is 2.23. The number of aromatic nitrogens is 2. The number of nitrogens with zero attached hydrogens (tertiary/aromatic N) is 3. The fraction of sp³-hybridized carbons (Fsp3) is 0.346. The maximum absolute atomic E-state index is 12.9. The topological polar surface area (TPSA) is 126 Å². The predicted octanol–water partition coefficient (Wildman–Crippen LogP) is 3.78. The minimum absolute atomic E-state index is 0.0619. The molecular weight excluding hydrogens is 528 g/mol. The third kappa shape index (κ3) is 6.35. The van der Waals surface area contributed by atoms with E-state index in [-0.39, 0.29) is 34.0 Å². The zero-order chi connectivity index (χ0) is 27.3. The number of para-hydroxylation sites is 1. The molecule has 38 heavy (non-hydrogen) atoms. The maximum atomic E-state index is 12.9. The third-order valence-corrected chi connectivity index (χ3v) is 8.63. The normalized spacial score (nSPS) is 13.9. The standard InChI is InChI=1S/C26H31ClN6O4S/c1-17(2)38(35,36)23-7-5-4-6-20(23)30-25-19(27)16-29-26(32-25)31-21-14-18(8-9-22(21)37-3)15-24(34)33-12-10-28-11-13-33/h4-9,14,16-17,28H,10-13,15H2,1-3H3,(H2,29,30,31,32). The lowest BCUT2D eigenvalue weighted by atomic mass is 10.1. The van der Waals surface area contributed by atoms with Crippen LogP contribution in [0, 0.1) is 0 Å². The number of halogens is 1. The molecule has 2 aromatic carbocycles. The Morgan fingerprint density at radius 3 is 2.58 bits per heavy atom. The maximum Gasteiger partial charge on any atom is 0.229 e. The van der Waals surface area contributed by atoms with Crippen molar-refractivity contribution in [2.45, 2.75) is 30.4 Å². The van der Waals surface area contributed by atoms with Crippen molar-refractivity contribution in [1.82, 2.24) is 20.2 Å². The van der Waals surface area contributed by atoms with Crippen molar-refractivity contribution in [2.24, 2.45) is 0 Å². The molecule has 0 radical (unpaired) electrons. The SMILES string of the molecule is COc1ccc(CC(=O)N2CCNCC2)cc1Nc1ncc(Cl)c(Nc2ccccc2S(=O)(=O)C(C)C)n1. The highest BCUT2D eigenvalue weighted by atomic mass is 35.5. The van der Waals surface area contributed by atoms with Crippen LogP contribution in [0.3, 0.4) is 0 Å². The van der Waals surface area contributed by atoms with Gasteiger partial charge in [0.05, 0.1) is 41.2 Å². The summed E-state index contributed by atoms with van der Waals surface area (Å²) in [5.41, 5.74) is 1.75. The van der Waals surface area contributed by atoms with E-state index in [2.05, 4.69) is 25.9 Å². The van der Waals surface area contributed by atoms with Crippen molar-refractivity contribution >= 4 is 50.5 Å². The van der Waals surface area contributed by atoms with Gasteiger partial charge in [0.15, 0.2) is 15.7 Å². The van der Waals surface area contributed by atoms with Crippen LogP contribution in [0.5, 0.6) is 5.75 Å². The zero-order valence-corrected chi connectivity index (χ0v) is 23.1. The van der Waals surface area contributed by atoms with Gasteiger partial charge >= 0.3 is 0 Å². The molecule has 12 heteroatoms. The fourth-order valence-corrected chi connectivity index (χ4v) is 5.34. The van der Waals surface area contributed by atoms with Crippen LogP contribution in [-0.2, 0) is 21.1 Å². The van der Waals surface area contributed by atoms with Crippen LogP contribution in [0.15, 0.2) is 53.6 Å². The molecule has 10 nitrogen and oxygen atoms in total. The number of piperazine rings is 1. The predicted molar refractivity (Wildman–Crippen MR) is 149 cm³/mol. The van der Waals surface area contributed by atoms with Gasteiger partial charge in [-0.2, -0.15) is 4.98 Å². The summed E-state index contributed by atoms with van der Waals surface area (Å²) in [6.45, 7) is 6.22. The number of methoxy groups -OCH3 is 1. The number of amides is 1. The number of carbonyl (C=O) groups is 1. The van der Waals surface area contributed by atoms with Gasteiger partial charge in [-0.15, -0.1) is 0 Å². The summed E-state index contributed by atoms with van der Waals surface area (Å²) < 4.78 is 31.2. The van der Waals surface area contributed by atoms with Crippen LogP contribution >= 0.6 is 11.6 Å². The lowest BCUT2D eigenvalue weighted by Crippen LogP contribution is -2.46. The van der Waals surface area contributed by atoms with E-state index < -0.39 is 15.1 Å². The first-order valence-corrected chi connectivity index (χ1v) is 14.2. The summed E-state index contributed by atoms with van der Waals surface area (Å²) in [6, 6.07) is 12.1. The van der Waals surface area contributed by atoms with E-state index in [4.69, 9.17) is 16.3 Å². The molecule has 4 rings (SSSR count). The summed E-state index contributed by atoms with van der Waals surface area (Å²) in [6.07, 6.45) is 1.68. The molecule has 0 unspecified atom stereocenters. The first-order valence-electron chi connectivity index (χ1n) is 12.2. The van der Waals surface area contributed by atoms with E-state index in [1.54, 1.807) is 51.3 Å². The summed E-state index contributed by atoms with van der Waals surface area (Å²) in [4.78, 5) is 23.5. The smallest absolute Gasteiger partial charge is 0.229 e. The quantitative estimate of drug-likeness (QED) is 0.359. The second-order valence-corrected chi connectivity index (χ2v) is 12.0. The van der Waals surface area contributed by atoms with E-state index in [0.717, 1.165) is 18.7 Å². The molecule has 0 spiro atoms. The summed E-state index contributed by atoms with van der Waals surface area (Å²) in [7, 11) is -2.00. The van der Waals surface area contributed by atoms with Gasteiger partial charge < -0.3 is 25.6 Å². The summed E-state index contributed by atoms with van der Waals surface area (Å²) in [5.74, 6) is 1.06. The number of carbonyl (C=O) groups excluding carboxylic acids is 1. The van der Waals surface area contributed by atoms with Crippen molar-refractivity contribution in [1.29, 1.82) is 0 Å². The molecule has 1 saturated heterocycles. The second-order valence-electron chi connectivity index (χ2n) is 9.07. The monoisotopic (exact) mass is 558 g/mol. The number of nitrogens with one attached hydrogen (secondary N) is 3. The molecule has 1 fully saturated rings. The van der Waals surface area contributed by atoms with Crippen LogP contribution < -0.4 is 20.7 Å². The minimum atomic E-state index is -3.55. The molecule has 0 atom stereocenters. The molecular formula is C26H31ClN6O4S. The van der Waals surface area contributed by atoms with E-state index in [1.807, 2.05) is 17.0 Å². The number of benzene rings is 2. The van der Waals surface area contributed by atoms with Gasteiger partial charge in [-0.25, -0.2) is 13.4 Å². The molecule has 0 saturated carbocycles. The Balaban J connectivity index is 1.58. The van der Waals surface area contributed by atoms with Gasteiger partial charge in [-0.3, -0.25) is 4.79 Å². The van der Waals surface area contributed by atoms with Crippen LogP contribution in [0.25, 0.3) is 0 Å². The molecule has 0 aliphatic carbocycles. The molecule has 3 aromatic rings. The summed E-state index contributed by atoms with van der Waals surface area (Å²) in [5, 5.41) is 9.04. The average Bonchev–Trinajstić information content (AvgIpc) is 2.91. The molecule has 3 N–H and O–H groups in total. The molecule has 1 aromatic heterocycles. The average molecular weight is 559 g/mol. The Morgan fingerprint density at radius 2 is 1.87 bits per heavy atom. The number of hydrogen-bond acceptors (Lipinski definition) is 9. The molecule has 1 amide bonds. The lowest BCUT2D eigenvalue weighted by Gasteiger charge is -2.27. The first-order chi connectivity index (χ1) is 18.2. The van der Waals surface area contributed by atoms with Crippen molar-refractivity contribution in [3.8, 4) is 5.75 Å². The van der Waals surface area contributed by atoms with Gasteiger partial charge in [-0.1, -0.05) is 29.8 Å². The van der Waals surface area contributed by atoms with Crippen molar-refractivity contribution in [3.63, 3.8) is 0 Å². The number of hydrogen-bond donors (Lipinski definition) is 3. The molecule has 1 aliphatic heterocycles. The minimum Gasteiger partial charge on any atom is -0.495 e. The van der Waals surface area contributed by atoms with E-state index in [0.29, 0.717) is 30.2 Å². The third-order valence-electron chi connectivity index (χ3n) is 6.15. The Labute approximate surface area is 227 Å². The molecule has 202 valence electrons. The largest absolute Gasteiger partial charge is 0.495 e. The number of anilines is 4. The molecule has 2 heterocycles. The van der Waals surface area contributed by atoms with E-state index in [9.17, 15) is 13.2 Å². The molecule has 0 bridgehead atoms. The van der Waals surface area contributed by atoms with Gasteiger partial charge in [0.2, 0.25) is 11.9 Å². The Morgan fingerprint density at radius 1 is 1.13 bits per heavy atom. The van der Waals surface area contributed by atoms with Gasteiger partial charge in [0.25, 0.3) is 0 Å².